The van der Waals surface area contributed by atoms with Crippen LogP contribution in [0.2, 0.25) is 0 Å². The lowest BCUT2D eigenvalue weighted by Crippen LogP contribution is -2.27. The summed E-state index contributed by atoms with van der Waals surface area (Å²) in [5.74, 6) is -2.63. The van der Waals surface area contributed by atoms with Crippen LogP contribution in [0.5, 0.6) is 0 Å². The predicted octanol–water partition coefficient (Wildman–Crippen LogP) is 1.34. The van der Waals surface area contributed by atoms with Gasteiger partial charge in [-0.2, -0.15) is 13.2 Å². The molecule has 1 amide bonds. The first kappa shape index (κ1) is 12.5. The fourth-order valence-electron chi connectivity index (χ4n) is 0.995. The lowest BCUT2D eigenvalue weighted by molar-refractivity contribution is -0.153. The number of methoxy groups -OCH3 is 1. The normalized spacial score (nSPS) is 11.6. The third-order valence-electron chi connectivity index (χ3n) is 1.58. The smallest absolute Gasteiger partial charge is 0.436 e. The van der Waals surface area contributed by atoms with Crippen molar-refractivity contribution in [2.75, 3.05) is 13.8 Å². The van der Waals surface area contributed by atoms with E-state index in [1.54, 1.807) is 0 Å². The van der Waals surface area contributed by atoms with E-state index < -0.39 is 23.5 Å². The number of aromatic nitrogens is 1. The zero-order chi connectivity index (χ0) is 12.3. The number of nitrogens with one attached hydrogen (secondary N) is 1. The first-order valence-corrected chi connectivity index (χ1v) is 4.18. The second kappa shape index (κ2) is 4.52. The highest BCUT2D eigenvalue weighted by Gasteiger charge is 2.41. The minimum atomic E-state index is -4.75. The maximum Gasteiger partial charge on any atom is 0.452 e. The van der Waals surface area contributed by atoms with E-state index in [4.69, 9.17) is 0 Å². The van der Waals surface area contributed by atoms with Gasteiger partial charge in [0.25, 0.3) is 5.91 Å². The van der Waals surface area contributed by atoms with E-state index in [1.165, 1.54) is 14.0 Å². The Morgan fingerprint density at radius 3 is 2.69 bits per heavy atom. The molecule has 0 fully saturated rings. The summed E-state index contributed by atoms with van der Waals surface area (Å²) in [6.45, 7) is 1.02. The number of hydrogen-bond donors (Lipinski definition) is 1. The summed E-state index contributed by atoms with van der Waals surface area (Å²) in [5.41, 5.74) is -0.790. The number of ether oxygens (including phenoxy) is 1. The maximum atomic E-state index is 12.4. The molecule has 8 heteroatoms. The standard InChI is InChI=1S/C8H9F3N2O3/c1-4-13-5(7(14)12-3-15-2)6(16-4)8(9,10)11/h3H2,1-2H3,(H,12,14). The van der Waals surface area contributed by atoms with Crippen LogP contribution in [0.1, 0.15) is 22.1 Å². The summed E-state index contributed by atoms with van der Waals surface area (Å²) < 4.78 is 46.0. The zero-order valence-electron chi connectivity index (χ0n) is 8.51. The molecule has 0 aliphatic rings. The van der Waals surface area contributed by atoms with Gasteiger partial charge >= 0.3 is 6.18 Å². The summed E-state index contributed by atoms with van der Waals surface area (Å²) in [5, 5.41) is 2.09. The molecule has 0 aromatic carbocycles. The highest BCUT2D eigenvalue weighted by atomic mass is 19.4. The molecule has 0 saturated heterocycles. The monoisotopic (exact) mass is 238 g/mol. The summed E-state index contributed by atoms with van der Waals surface area (Å²) in [6, 6.07) is 0. The Hall–Kier alpha value is -1.57. The number of hydrogen-bond acceptors (Lipinski definition) is 4. The number of halogens is 3. The molecule has 1 aromatic heterocycles. The van der Waals surface area contributed by atoms with Crippen LogP contribution in [0.25, 0.3) is 0 Å². The van der Waals surface area contributed by atoms with Gasteiger partial charge in [-0.05, 0) is 0 Å². The average Bonchev–Trinajstić information content (AvgIpc) is 2.56. The van der Waals surface area contributed by atoms with Crippen molar-refractivity contribution in [1.82, 2.24) is 10.3 Å². The minimum absolute atomic E-state index is 0.206. The van der Waals surface area contributed by atoms with Gasteiger partial charge in [-0.1, -0.05) is 0 Å². The van der Waals surface area contributed by atoms with Crippen LogP contribution >= 0.6 is 0 Å². The third kappa shape index (κ3) is 2.72. The van der Waals surface area contributed by atoms with E-state index in [0.717, 1.165) is 0 Å². The van der Waals surface area contributed by atoms with Gasteiger partial charge in [0.1, 0.15) is 6.73 Å². The Kier molecular flexibility index (Phi) is 3.53. The summed E-state index contributed by atoms with van der Waals surface area (Å²) in [7, 11) is 1.29. The third-order valence-corrected chi connectivity index (χ3v) is 1.58. The molecule has 16 heavy (non-hydrogen) atoms. The molecule has 0 unspecified atom stereocenters. The van der Waals surface area contributed by atoms with Crippen LogP contribution < -0.4 is 5.32 Å². The van der Waals surface area contributed by atoms with Crippen LogP contribution in [0.4, 0.5) is 13.2 Å². The summed E-state index contributed by atoms with van der Waals surface area (Å²) >= 11 is 0. The van der Waals surface area contributed by atoms with E-state index in [2.05, 4.69) is 19.5 Å². The number of rotatable bonds is 3. The number of aryl methyl sites for hydroxylation is 1. The van der Waals surface area contributed by atoms with Crippen LogP contribution in [0.3, 0.4) is 0 Å². The van der Waals surface area contributed by atoms with E-state index in [0.29, 0.717) is 0 Å². The SMILES string of the molecule is COCNC(=O)c1nc(C)oc1C(F)(F)F. The van der Waals surface area contributed by atoms with Crippen LogP contribution in [-0.2, 0) is 10.9 Å². The largest absolute Gasteiger partial charge is 0.452 e. The van der Waals surface area contributed by atoms with Crippen molar-refractivity contribution in [1.29, 1.82) is 0 Å². The molecule has 0 bridgehead atoms. The van der Waals surface area contributed by atoms with Crippen molar-refractivity contribution in [2.24, 2.45) is 0 Å². The molecule has 1 N–H and O–H groups in total. The Morgan fingerprint density at radius 1 is 1.56 bits per heavy atom. The maximum absolute atomic E-state index is 12.4. The second-order valence-corrected chi connectivity index (χ2v) is 2.85. The van der Waals surface area contributed by atoms with Crippen LogP contribution in [-0.4, -0.2) is 24.7 Å². The molecule has 0 spiro atoms. The van der Waals surface area contributed by atoms with Crippen LogP contribution in [0.15, 0.2) is 4.42 Å². The van der Waals surface area contributed by atoms with E-state index >= 15 is 0 Å². The Morgan fingerprint density at radius 2 is 2.19 bits per heavy atom. The van der Waals surface area contributed by atoms with Gasteiger partial charge in [-0.3, -0.25) is 4.79 Å². The van der Waals surface area contributed by atoms with E-state index in [1.807, 2.05) is 0 Å². The number of carbonyl (C=O) groups excluding carboxylic acids is 1. The molecule has 0 saturated carbocycles. The van der Waals surface area contributed by atoms with Crippen molar-refractivity contribution < 1.29 is 27.1 Å². The van der Waals surface area contributed by atoms with Gasteiger partial charge in [0.05, 0.1) is 0 Å². The number of alkyl halides is 3. The second-order valence-electron chi connectivity index (χ2n) is 2.85. The average molecular weight is 238 g/mol. The van der Waals surface area contributed by atoms with E-state index in [-0.39, 0.29) is 12.6 Å². The Bertz CT molecular complexity index is 386. The highest BCUT2D eigenvalue weighted by Crippen LogP contribution is 2.32. The molecule has 5 nitrogen and oxygen atoms in total. The van der Waals surface area contributed by atoms with Crippen LogP contribution in [0, 0.1) is 6.92 Å². The molecule has 90 valence electrons. The van der Waals surface area contributed by atoms with Gasteiger partial charge in [0.15, 0.2) is 11.6 Å². The minimum Gasteiger partial charge on any atom is -0.436 e. The topological polar surface area (TPSA) is 64.4 Å². The quantitative estimate of drug-likeness (QED) is 0.807. The molecule has 1 aromatic rings. The number of carbonyl (C=O) groups is 1. The van der Waals surface area contributed by atoms with Gasteiger partial charge in [0.2, 0.25) is 5.76 Å². The lowest BCUT2D eigenvalue weighted by Gasteiger charge is -2.05. The number of oxazole rings is 1. The zero-order valence-corrected chi connectivity index (χ0v) is 8.51. The lowest BCUT2D eigenvalue weighted by atomic mass is 10.3. The van der Waals surface area contributed by atoms with E-state index in [9.17, 15) is 18.0 Å². The molecule has 1 heterocycles. The Labute approximate surface area is 88.6 Å². The molecular weight excluding hydrogens is 229 g/mol. The van der Waals surface area contributed by atoms with Crippen molar-refractivity contribution in [3.05, 3.63) is 17.3 Å². The fraction of sp³-hybridized carbons (Fsp3) is 0.500. The van der Waals surface area contributed by atoms with Crippen molar-refractivity contribution >= 4 is 5.91 Å². The Balaban J connectivity index is 2.99. The molecular formula is C8H9F3N2O3. The van der Waals surface area contributed by atoms with Crippen molar-refractivity contribution in [2.45, 2.75) is 13.1 Å². The molecule has 1 rings (SSSR count). The van der Waals surface area contributed by atoms with Gasteiger partial charge in [-0.25, -0.2) is 4.98 Å². The molecule has 0 aliphatic carbocycles. The number of amides is 1. The first-order valence-electron chi connectivity index (χ1n) is 4.18. The molecule has 0 aliphatic heterocycles. The molecule has 0 atom stereocenters. The van der Waals surface area contributed by atoms with Gasteiger partial charge in [0, 0.05) is 14.0 Å². The molecule has 0 radical (unpaired) electrons. The predicted molar refractivity (Wildman–Crippen MR) is 45.6 cm³/mol. The van der Waals surface area contributed by atoms with Crippen molar-refractivity contribution in [3.8, 4) is 0 Å². The van der Waals surface area contributed by atoms with Gasteiger partial charge < -0.3 is 14.5 Å². The number of nitrogens with zero attached hydrogens (tertiary/aromatic N) is 1. The first-order chi connectivity index (χ1) is 7.36. The summed E-state index contributed by atoms with van der Waals surface area (Å²) in [4.78, 5) is 14.6. The summed E-state index contributed by atoms with van der Waals surface area (Å²) in [6.07, 6.45) is -4.75. The highest BCUT2D eigenvalue weighted by molar-refractivity contribution is 5.93. The van der Waals surface area contributed by atoms with Crippen molar-refractivity contribution in [3.63, 3.8) is 0 Å². The van der Waals surface area contributed by atoms with Gasteiger partial charge in [-0.15, -0.1) is 0 Å². The fourth-order valence-corrected chi connectivity index (χ4v) is 0.995.